The predicted molar refractivity (Wildman–Crippen MR) is 75.4 cm³/mol. The number of hydrogen-bond acceptors (Lipinski definition) is 3. The third-order valence-electron chi connectivity index (χ3n) is 3.25. The number of benzene rings is 1. The molecule has 0 amide bonds. The largest absolute Gasteiger partial charge is 0.489 e. The van der Waals surface area contributed by atoms with E-state index in [1.807, 2.05) is 19.1 Å². The maximum absolute atomic E-state index is 11.9. The Labute approximate surface area is 111 Å². The summed E-state index contributed by atoms with van der Waals surface area (Å²) in [7, 11) is -0.883. The Balaban J connectivity index is 1.89. The van der Waals surface area contributed by atoms with Crippen LogP contribution in [-0.4, -0.2) is 27.9 Å². The monoisotopic (exact) mass is 267 g/mol. The van der Waals surface area contributed by atoms with Crippen molar-refractivity contribution in [1.82, 2.24) is 0 Å². The van der Waals surface area contributed by atoms with Crippen molar-refractivity contribution < 1.29 is 8.95 Å². The van der Waals surface area contributed by atoms with Gasteiger partial charge in [-0.3, -0.25) is 4.21 Å². The molecule has 100 valence electrons. The average molecular weight is 267 g/mol. The van der Waals surface area contributed by atoms with Gasteiger partial charge in [-0.1, -0.05) is 24.6 Å². The molecular weight excluding hydrogens is 246 g/mol. The Morgan fingerprint density at radius 1 is 1.56 bits per heavy atom. The van der Waals surface area contributed by atoms with E-state index in [4.69, 9.17) is 10.5 Å². The van der Waals surface area contributed by atoms with Crippen molar-refractivity contribution in [2.45, 2.75) is 38.8 Å². The summed E-state index contributed by atoms with van der Waals surface area (Å²) in [4.78, 5) is 0. The zero-order valence-electron chi connectivity index (χ0n) is 11.0. The van der Waals surface area contributed by atoms with E-state index in [2.05, 4.69) is 13.0 Å². The molecule has 3 nitrogen and oxygen atoms in total. The zero-order valence-corrected chi connectivity index (χ0v) is 11.8. The maximum Gasteiger partial charge on any atom is 0.123 e. The molecule has 0 bridgehead atoms. The minimum Gasteiger partial charge on any atom is -0.489 e. The smallest absolute Gasteiger partial charge is 0.123 e. The molecule has 0 radical (unpaired) electrons. The fourth-order valence-electron chi connectivity index (χ4n) is 2.17. The quantitative estimate of drug-likeness (QED) is 0.885. The molecule has 3 atom stereocenters. The van der Waals surface area contributed by atoms with Gasteiger partial charge in [-0.15, -0.1) is 0 Å². The third kappa shape index (κ3) is 3.33. The van der Waals surface area contributed by atoms with E-state index in [0.717, 1.165) is 18.6 Å². The Bertz CT molecular complexity index is 447. The molecule has 2 rings (SSSR count). The number of nitrogens with two attached hydrogens (primary N) is 1. The van der Waals surface area contributed by atoms with Crippen LogP contribution in [0.2, 0.25) is 0 Å². The molecule has 1 aromatic carbocycles. The highest BCUT2D eigenvalue weighted by Crippen LogP contribution is 2.29. The Morgan fingerprint density at radius 2 is 2.33 bits per heavy atom. The Kier molecular flexibility index (Phi) is 4.40. The SMILES string of the molecule is CCC(N)CS(=O)CC1Cc2cc(C)ccc2O1. The zero-order chi connectivity index (χ0) is 13.1. The van der Waals surface area contributed by atoms with Gasteiger partial charge in [0.05, 0.1) is 5.75 Å². The summed E-state index contributed by atoms with van der Waals surface area (Å²) in [6, 6.07) is 6.24. The van der Waals surface area contributed by atoms with E-state index in [-0.39, 0.29) is 12.1 Å². The third-order valence-corrected chi connectivity index (χ3v) is 4.80. The second-order valence-corrected chi connectivity index (χ2v) is 6.54. The molecule has 0 saturated carbocycles. The summed E-state index contributed by atoms with van der Waals surface area (Å²) < 4.78 is 17.8. The van der Waals surface area contributed by atoms with Crippen LogP contribution in [0.1, 0.15) is 24.5 Å². The topological polar surface area (TPSA) is 52.3 Å². The molecule has 0 fully saturated rings. The number of aryl methyl sites for hydroxylation is 1. The highest BCUT2D eigenvalue weighted by Gasteiger charge is 2.24. The normalized spacial score (nSPS) is 21.2. The van der Waals surface area contributed by atoms with Gasteiger partial charge in [0.1, 0.15) is 11.9 Å². The van der Waals surface area contributed by atoms with Crippen molar-refractivity contribution in [3.63, 3.8) is 0 Å². The standard InChI is InChI=1S/C14H21NO2S/c1-3-12(15)8-18(16)9-13-7-11-6-10(2)4-5-14(11)17-13/h4-6,12-13H,3,7-9,15H2,1-2H3. The Hall–Kier alpha value is -0.870. The van der Waals surface area contributed by atoms with Crippen LogP contribution in [0.25, 0.3) is 0 Å². The highest BCUT2D eigenvalue weighted by molar-refractivity contribution is 7.85. The molecule has 1 aliphatic heterocycles. The lowest BCUT2D eigenvalue weighted by Gasteiger charge is -2.12. The lowest BCUT2D eigenvalue weighted by molar-refractivity contribution is 0.258. The van der Waals surface area contributed by atoms with Gasteiger partial charge in [0.2, 0.25) is 0 Å². The van der Waals surface area contributed by atoms with Gasteiger partial charge in [-0.2, -0.15) is 0 Å². The molecule has 0 spiro atoms. The molecule has 18 heavy (non-hydrogen) atoms. The number of fused-ring (bicyclic) bond motifs is 1. The van der Waals surface area contributed by atoms with Crippen LogP contribution in [0.5, 0.6) is 5.75 Å². The van der Waals surface area contributed by atoms with Crippen LogP contribution < -0.4 is 10.5 Å². The summed E-state index contributed by atoms with van der Waals surface area (Å²) in [5, 5.41) is 0. The van der Waals surface area contributed by atoms with Crippen molar-refractivity contribution in [3.05, 3.63) is 29.3 Å². The van der Waals surface area contributed by atoms with Gasteiger partial charge >= 0.3 is 0 Å². The van der Waals surface area contributed by atoms with Crippen molar-refractivity contribution in [3.8, 4) is 5.75 Å². The molecule has 1 heterocycles. The van der Waals surface area contributed by atoms with Crippen LogP contribution in [-0.2, 0) is 17.2 Å². The van der Waals surface area contributed by atoms with Crippen molar-refractivity contribution >= 4 is 10.8 Å². The van der Waals surface area contributed by atoms with Crippen LogP contribution in [0.15, 0.2) is 18.2 Å². The molecule has 0 aliphatic carbocycles. The van der Waals surface area contributed by atoms with Gasteiger partial charge < -0.3 is 10.5 Å². The molecule has 3 unspecified atom stereocenters. The molecule has 4 heteroatoms. The van der Waals surface area contributed by atoms with Crippen LogP contribution in [0.4, 0.5) is 0 Å². The minimum absolute atomic E-state index is 0.0388. The summed E-state index contributed by atoms with van der Waals surface area (Å²) >= 11 is 0. The van der Waals surface area contributed by atoms with E-state index in [0.29, 0.717) is 11.5 Å². The average Bonchev–Trinajstić information content (AvgIpc) is 2.69. The second-order valence-electron chi connectivity index (χ2n) is 5.00. The fourth-order valence-corrected chi connectivity index (χ4v) is 3.62. The van der Waals surface area contributed by atoms with Crippen molar-refractivity contribution in [2.75, 3.05) is 11.5 Å². The highest BCUT2D eigenvalue weighted by atomic mass is 32.2. The summed E-state index contributed by atoms with van der Waals surface area (Å²) in [6.07, 6.45) is 1.78. The van der Waals surface area contributed by atoms with Gasteiger partial charge in [0.15, 0.2) is 0 Å². The van der Waals surface area contributed by atoms with E-state index in [9.17, 15) is 4.21 Å². The van der Waals surface area contributed by atoms with E-state index < -0.39 is 10.8 Å². The van der Waals surface area contributed by atoms with Crippen LogP contribution >= 0.6 is 0 Å². The van der Waals surface area contributed by atoms with E-state index in [1.165, 1.54) is 11.1 Å². The summed E-state index contributed by atoms with van der Waals surface area (Å²) in [5.41, 5.74) is 8.29. The van der Waals surface area contributed by atoms with Crippen molar-refractivity contribution in [2.24, 2.45) is 5.73 Å². The predicted octanol–water partition coefficient (Wildman–Crippen LogP) is 1.78. The summed E-state index contributed by atoms with van der Waals surface area (Å²) in [6.45, 7) is 4.10. The van der Waals surface area contributed by atoms with E-state index >= 15 is 0 Å². The second kappa shape index (κ2) is 5.85. The van der Waals surface area contributed by atoms with Gasteiger partial charge in [-0.05, 0) is 25.0 Å². The molecule has 2 N–H and O–H groups in total. The fraction of sp³-hybridized carbons (Fsp3) is 0.571. The first-order valence-electron chi connectivity index (χ1n) is 6.45. The minimum atomic E-state index is -0.883. The first-order valence-corrected chi connectivity index (χ1v) is 7.94. The van der Waals surface area contributed by atoms with Gasteiger partial charge in [0.25, 0.3) is 0 Å². The Morgan fingerprint density at radius 3 is 3.06 bits per heavy atom. The van der Waals surface area contributed by atoms with Crippen molar-refractivity contribution in [1.29, 1.82) is 0 Å². The molecular formula is C14H21NO2S. The van der Waals surface area contributed by atoms with Gasteiger partial charge in [-0.25, -0.2) is 0 Å². The lowest BCUT2D eigenvalue weighted by atomic mass is 10.1. The van der Waals surface area contributed by atoms with Gasteiger partial charge in [0, 0.05) is 29.0 Å². The molecule has 0 saturated heterocycles. The lowest BCUT2D eigenvalue weighted by Crippen LogP contribution is -2.31. The number of hydrogen-bond donors (Lipinski definition) is 1. The first kappa shape index (κ1) is 13.6. The number of rotatable bonds is 5. The molecule has 1 aromatic rings. The number of ether oxygens (including phenoxy) is 1. The van der Waals surface area contributed by atoms with E-state index in [1.54, 1.807) is 0 Å². The maximum atomic E-state index is 11.9. The summed E-state index contributed by atoms with van der Waals surface area (Å²) in [5.74, 6) is 2.11. The molecule has 1 aliphatic rings. The van der Waals surface area contributed by atoms with Crippen LogP contribution in [0, 0.1) is 6.92 Å². The van der Waals surface area contributed by atoms with Crippen LogP contribution in [0.3, 0.4) is 0 Å². The molecule has 0 aromatic heterocycles. The first-order chi connectivity index (χ1) is 8.58.